The Labute approximate surface area is 153 Å². The number of rotatable bonds is 7. The third-order valence-corrected chi connectivity index (χ3v) is 4.29. The molecular weight excluding hydrogens is 358 g/mol. The van der Waals surface area contributed by atoms with Crippen molar-refractivity contribution in [3.8, 4) is 22.9 Å². The van der Waals surface area contributed by atoms with Gasteiger partial charge in [0.2, 0.25) is 11.7 Å². The highest BCUT2D eigenvalue weighted by Crippen LogP contribution is 2.34. The van der Waals surface area contributed by atoms with Crippen LogP contribution in [0.15, 0.2) is 33.5 Å². The van der Waals surface area contributed by atoms with Gasteiger partial charge in [0.15, 0.2) is 11.5 Å². The Morgan fingerprint density at radius 1 is 1.23 bits per heavy atom. The van der Waals surface area contributed by atoms with E-state index in [9.17, 15) is 4.79 Å². The molecule has 3 rings (SSSR count). The zero-order chi connectivity index (χ0) is 18.5. The van der Waals surface area contributed by atoms with Crippen LogP contribution in [0.1, 0.15) is 16.2 Å². The molecule has 0 saturated heterocycles. The molecule has 0 aliphatic carbocycles. The van der Waals surface area contributed by atoms with Gasteiger partial charge in [0.1, 0.15) is 0 Å². The number of nitrogens with one attached hydrogen (secondary N) is 1. The summed E-state index contributed by atoms with van der Waals surface area (Å²) in [4.78, 5) is 16.4. The average molecular weight is 375 g/mol. The molecule has 8 nitrogen and oxygen atoms in total. The van der Waals surface area contributed by atoms with E-state index in [4.69, 9.17) is 18.7 Å². The van der Waals surface area contributed by atoms with Crippen LogP contribution in [0.2, 0.25) is 0 Å². The molecule has 136 valence electrons. The van der Waals surface area contributed by atoms with Crippen LogP contribution in [0.25, 0.3) is 11.4 Å². The molecule has 0 saturated carbocycles. The Morgan fingerprint density at radius 3 is 2.65 bits per heavy atom. The lowest BCUT2D eigenvalue weighted by Gasteiger charge is -2.14. The average Bonchev–Trinajstić information content (AvgIpc) is 3.36. The summed E-state index contributed by atoms with van der Waals surface area (Å²) in [6, 6.07) is 5.12. The number of esters is 1. The minimum Gasteiger partial charge on any atom is -0.493 e. The molecule has 2 heterocycles. The lowest BCUT2D eigenvalue weighted by molar-refractivity contribution is 0.0601. The number of carbonyl (C=O) groups is 1. The third kappa shape index (κ3) is 3.62. The highest BCUT2D eigenvalue weighted by molar-refractivity contribution is 7.08. The molecule has 0 atom stereocenters. The van der Waals surface area contributed by atoms with Crippen molar-refractivity contribution in [1.29, 1.82) is 0 Å². The van der Waals surface area contributed by atoms with Crippen LogP contribution in [0.3, 0.4) is 0 Å². The second-order valence-electron chi connectivity index (χ2n) is 5.12. The van der Waals surface area contributed by atoms with E-state index in [0.717, 1.165) is 5.56 Å². The van der Waals surface area contributed by atoms with Crippen LogP contribution in [-0.2, 0) is 11.3 Å². The van der Waals surface area contributed by atoms with Crippen LogP contribution in [0.5, 0.6) is 11.5 Å². The maximum atomic E-state index is 12.1. The fourth-order valence-electron chi connectivity index (χ4n) is 2.31. The Balaban J connectivity index is 1.83. The van der Waals surface area contributed by atoms with Crippen molar-refractivity contribution in [2.75, 3.05) is 26.6 Å². The van der Waals surface area contributed by atoms with E-state index in [0.29, 0.717) is 34.5 Å². The van der Waals surface area contributed by atoms with Crippen molar-refractivity contribution in [2.45, 2.75) is 6.54 Å². The van der Waals surface area contributed by atoms with E-state index in [-0.39, 0.29) is 6.54 Å². The molecule has 1 N–H and O–H groups in total. The van der Waals surface area contributed by atoms with Gasteiger partial charge in [0, 0.05) is 23.1 Å². The topological polar surface area (TPSA) is 95.7 Å². The largest absolute Gasteiger partial charge is 0.493 e. The van der Waals surface area contributed by atoms with Crippen molar-refractivity contribution in [3.05, 3.63) is 40.4 Å². The second kappa shape index (κ2) is 7.87. The smallest absolute Gasteiger partial charge is 0.340 e. The number of aromatic nitrogens is 2. The first-order valence-corrected chi connectivity index (χ1v) is 8.54. The Kier molecular flexibility index (Phi) is 5.37. The lowest BCUT2D eigenvalue weighted by atomic mass is 10.1. The molecular formula is C17H17N3O5S. The summed E-state index contributed by atoms with van der Waals surface area (Å²) in [7, 11) is 4.33. The summed E-state index contributed by atoms with van der Waals surface area (Å²) in [6.07, 6.45) is 0. The molecule has 0 aliphatic heterocycles. The zero-order valence-corrected chi connectivity index (χ0v) is 15.3. The summed E-state index contributed by atoms with van der Waals surface area (Å²) in [5.41, 5.74) is 1.71. The van der Waals surface area contributed by atoms with E-state index in [1.165, 1.54) is 21.3 Å². The molecule has 3 aromatic rings. The molecule has 0 fully saturated rings. The van der Waals surface area contributed by atoms with Crippen molar-refractivity contribution < 1.29 is 23.5 Å². The summed E-state index contributed by atoms with van der Waals surface area (Å²) in [5, 5.41) is 10.9. The SMILES string of the molecule is COC(=O)c1cc(OC)c(OC)cc1NCc1nc(-c2ccsc2)no1. The summed E-state index contributed by atoms with van der Waals surface area (Å²) >= 11 is 1.55. The third-order valence-electron chi connectivity index (χ3n) is 3.61. The fraction of sp³-hybridized carbons (Fsp3) is 0.235. The van der Waals surface area contributed by atoms with E-state index < -0.39 is 5.97 Å². The van der Waals surface area contributed by atoms with Gasteiger partial charge >= 0.3 is 5.97 Å². The first kappa shape index (κ1) is 17.7. The molecule has 26 heavy (non-hydrogen) atoms. The molecule has 0 unspecified atom stereocenters. The molecule has 0 aliphatic rings. The molecule has 0 radical (unpaired) electrons. The Bertz CT molecular complexity index is 892. The van der Waals surface area contributed by atoms with Crippen LogP contribution in [0.4, 0.5) is 5.69 Å². The predicted molar refractivity (Wildman–Crippen MR) is 95.8 cm³/mol. The van der Waals surface area contributed by atoms with Gasteiger partial charge in [-0.2, -0.15) is 16.3 Å². The first-order valence-electron chi connectivity index (χ1n) is 7.59. The Morgan fingerprint density at radius 2 is 2.00 bits per heavy atom. The first-order chi connectivity index (χ1) is 12.7. The van der Waals surface area contributed by atoms with Gasteiger partial charge < -0.3 is 24.1 Å². The summed E-state index contributed by atoms with van der Waals surface area (Å²) in [6.45, 7) is 0.233. The van der Waals surface area contributed by atoms with Crippen LogP contribution in [0, 0.1) is 0 Å². The number of ether oxygens (including phenoxy) is 3. The Hall–Kier alpha value is -3.07. The van der Waals surface area contributed by atoms with E-state index in [1.54, 1.807) is 23.5 Å². The minimum atomic E-state index is -0.502. The number of nitrogens with zero attached hydrogens (tertiary/aromatic N) is 2. The number of hydrogen-bond donors (Lipinski definition) is 1. The second-order valence-corrected chi connectivity index (χ2v) is 5.90. The molecule has 0 bridgehead atoms. The van der Waals surface area contributed by atoms with E-state index >= 15 is 0 Å². The standard InChI is InChI=1S/C17H17N3O5S/c1-22-13-6-11(17(21)24-3)12(7-14(13)23-2)18-8-15-19-16(20-25-15)10-4-5-26-9-10/h4-7,9,18H,8H2,1-3H3. The number of anilines is 1. The van der Waals surface area contributed by atoms with Gasteiger partial charge in [0.05, 0.1) is 39.1 Å². The molecule has 0 spiro atoms. The maximum Gasteiger partial charge on any atom is 0.340 e. The predicted octanol–water partition coefficient (Wildman–Crippen LogP) is 3.21. The maximum absolute atomic E-state index is 12.1. The molecule has 1 aromatic carbocycles. The zero-order valence-electron chi connectivity index (χ0n) is 14.4. The number of methoxy groups -OCH3 is 3. The minimum absolute atomic E-state index is 0.233. The van der Waals surface area contributed by atoms with Crippen LogP contribution >= 0.6 is 11.3 Å². The lowest BCUT2D eigenvalue weighted by Crippen LogP contribution is -2.09. The number of benzene rings is 1. The van der Waals surface area contributed by atoms with Gasteiger partial charge in [-0.05, 0) is 11.4 Å². The van der Waals surface area contributed by atoms with Crippen molar-refractivity contribution in [2.24, 2.45) is 0 Å². The van der Waals surface area contributed by atoms with Crippen molar-refractivity contribution in [3.63, 3.8) is 0 Å². The molecule has 9 heteroatoms. The van der Waals surface area contributed by atoms with E-state index in [2.05, 4.69) is 15.5 Å². The van der Waals surface area contributed by atoms with Crippen molar-refractivity contribution in [1.82, 2.24) is 10.1 Å². The highest BCUT2D eigenvalue weighted by atomic mass is 32.1. The fourth-order valence-corrected chi connectivity index (χ4v) is 2.94. The van der Waals surface area contributed by atoms with Crippen LogP contribution in [-0.4, -0.2) is 37.4 Å². The molecule has 2 aromatic heterocycles. The van der Waals surface area contributed by atoms with Crippen LogP contribution < -0.4 is 14.8 Å². The van der Waals surface area contributed by atoms with E-state index in [1.807, 2.05) is 16.8 Å². The van der Waals surface area contributed by atoms with Gasteiger partial charge in [-0.3, -0.25) is 0 Å². The monoisotopic (exact) mass is 375 g/mol. The van der Waals surface area contributed by atoms with Gasteiger partial charge in [-0.15, -0.1) is 0 Å². The van der Waals surface area contributed by atoms with Gasteiger partial charge in [0.25, 0.3) is 0 Å². The van der Waals surface area contributed by atoms with Crippen molar-refractivity contribution >= 4 is 23.0 Å². The summed E-state index contributed by atoms with van der Waals surface area (Å²) < 4.78 is 20.6. The number of thiophene rings is 1. The molecule has 0 amide bonds. The highest BCUT2D eigenvalue weighted by Gasteiger charge is 2.18. The van der Waals surface area contributed by atoms with Gasteiger partial charge in [-0.25, -0.2) is 4.79 Å². The number of carbonyl (C=O) groups excluding carboxylic acids is 1. The quantitative estimate of drug-likeness (QED) is 0.629. The number of hydrogen-bond acceptors (Lipinski definition) is 9. The summed E-state index contributed by atoms with van der Waals surface area (Å²) in [5.74, 6) is 1.31. The van der Waals surface area contributed by atoms with Gasteiger partial charge in [-0.1, -0.05) is 5.16 Å². The normalized spacial score (nSPS) is 10.4.